The van der Waals surface area contributed by atoms with Crippen LogP contribution in [0.4, 0.5) is 0 Å². The van der Waals surface area contributed by atoms with Gasteiger partial charge in [0.2, 0.25) is 0 Å². The molecule has 2 rings (SSSR count). The Morgan fingerprint density at radius 1 is 1.53 bits per heavy atom. The van der Waals surface area contributed by atoms with Gasteiger partial charge in [0.15, 0.2) is 5.43 Å². The van der Waals surface area contributed by atoms with E-state index in [4.69, 9.17) is 0 Å². The molecular weight excluding hydrogens is 222 g/mol. The Balaban J connectivity index is 2.07. The molecule has 17 heavy (non-hydrogen) atoms. The molecule has 0 aliphatic rings. The van der Waals surface area contributed by atoms with Crippen molar-refractivity contribution in [3.05, 3.63) is 45.9 Å². The van der Waals surface area contributed by atoms with Crippen molar-refractivity contribution >= 4 is 5.91 Å². The molecule has 7 heteroatoms. The Morgan fingerprint density at radius 2 is 2.35 bits per heavy atom. The molecule has 88 valence electrons. The van der Waals surface area contributed by atoms with Crippen LogP contribution in [0.1, 0.15) is 21.9 Å². The SMILES string of the molecule is Cc1cc(=O)c(C(=O)NCc2ncn[nH]2)c[nH]1. The molecule has 7 nitrogen and oxygen atoms in total. The number of carbonyl (C=O) groups excluding carboxylic acids is 1. The van der Waals surface area contributed by atoms with Crippen molar-refractivity contribution in [1.29, 1.82) is 0 Å². The van der Waals surface area contributed by atoms with Crippen LogP contribution in [0, 0.1) is 6.92 Å². The first-order chi connectivity index (χ1) is 8.16. The molecule has 0 bridgehead atoms. The number of amides is 1. The van der Waals surface area contributed by atoms with Gasteiger partial charge in [0.1, 0.15) is 17.7 Å². The van der Waals surface area contributed by atoms with Crippen LogP contribution in [0.3, 0.4) is 0 Å². The summed E-state index contributed by atoms with van der Waals surface area (Å²) in [5.74, 6) is 0.0875. The van der Waals surface area contributed by atoms with Crippen molar-refractivity contribution in [3.8, 4) is 0 Å². The third-order valence-electron chi connectivity index (χ3n) is 2.18. The van der Waals surface area contributed by atoms with Crippen LogP contribution in [0.2, 0.25) is 0 Å². The van der Waals surface area contributed by atoms with Gasteiger partial charge in [0, 0.05) is 18.0 Å². The summed E-state index contributed by atoms with van der Waals surface area (Å²) in [7, 11) is 0. The first-order valence-corrected chi connectivity index (χ1v) is 4.98. The van der Waals surface area contributed by atoms with Crippen molar-refractivity contribution in [2.75, 3.05) is 0 Å². The fourth-order valence-corrected chi connectivity index (χ4v) is 1.33. The number of rotatable bonds is 3. The van der Waals surface area contributed by atoms with Gasteiger partial charge in [-0.25, -0.2) is 4.98 Å². The number of aromatic nitrogens is 4. The van der Waals surface area contributed by atoms with E-state index in [1.165, 1.54) is 18.6 Å². The predicted molar refractivity (Wildman–Crippen MR) is 59.4 cm³/mol. The van der Waals surface area contributed by atoms with Gasteiger partial charge in [0.25, 0.3) is 5.91 Å². The molecule has 0 fully saturated rings. The Labute approximate surface area is 96.3 Å². The molecule has 2 aromatic rings. The van der Waals surface area contributed by atoms with Crippen LogP contribution in [0.15, 0.2) is 23.4 Å². The summed E-state index contributed by atoms with van der Waals surface area (Å²) in [4.78, 5) is 29.9. The van der Waals surface area contributed by atoms with Gasteiger partial charge in [-0.1, -0.05) is 0 Å². The van der Waals surface area contributed by atoms with Gasteiger partial charge in [-0.15, -0.1) is 0 Å². The molecule has 0 atom stereocenters. The van der Waals surface area contributed by atoms with Crippen LogP contribution in [0.25, 0.3) is 0 Å². The average Bonchev–Trinajstić information content (AvgIpc) is 2.78. The number of aryl methyl sites for hydroxylation is 1. The first-order valence-electron chi connectivity index (χ1n) is 4.98. The smallest absolute Gasteiger partial charge is 0.257 e. The zero-order chi connectivity index (χ0) is 12.3. The molecule has 2 aromatic heterocycles. The van der Waals surface area contributed by atoms with Gasteiger partial charge in [-0.05, 0) is 6.92 Å². The van der Waals surface area contributed by atoms with Crippen LogP contribution in [-0.2, 0) is 6.54 Å². The number of hydrogen-bond acceptors (Lipinski definition) is 4. The highest BCUT2D eigenvalue weighted by Crippen LogP contribution is 1.93. The Hall–Kier alpha value is -2.44. The van der Waals surface area contributed by atoms with E-state index in [-0.39, 0.29) is 17.5 Å². The Bertz CT molecular complexity index is 573. The van der Waals surface area contributed by atoms with Crippen LogP contribution >= 0.6 is 0 Å². The van der Waals surface area contributed by atoms with E-state index in [2.05, 4.69) is 25.5 Å². The summed E-state index contributed by atoms with van der Waals surface area (Å²) in [6.45, 7) is 1.95. The third-order valence-corrected chi connectivity index (χ3v) is 2.18. The molecular formula is C10H11N5O2. The van der Waals surface area contributed by atoms with Gasteiger partial charge in [-0.2, -0.15) is 5.10 Å². The van der Waals surface area contributed by atoms with Gasteiger partial charge >= 0.3 is 0 Å². The highest BCUT2D eigenvalue weighted by atomic mass is 16.2. The van der Waals surface area contributed by atoms with E-state index in [9.17, 15) is 9.59 Å². The molecule has 0 aliphatic carbocycles. The number of hydrogen-bond donors (Lipinski definition) is 3. The minimum absolute atomic E-state index is 0.0788. The molecule has 0 unspecified atom stereocenters. The van der Waals surface area contributed by atoms with Gasteiger partial charge in [0.05, 0.1) is 6.54 Å². The second-order valence-electron chi connectivity index (χ2n) is 3.51. The van der Waals surface area contributed by atoms with Crippen molar-refractivity contribution in [3.63, 3.8) is 0 Å². The van der Waals surface area contributed by atoms with E-state index in [1.54, 1.807) is 6.92 Å². The number of pyridine rings is 1. The molecule has 0 aromatic carbocycles. The molecule has 0 aliphatic heterocycles. The lowest BCUT2D eigenvalue weighted by Gasteiger charge is -2.02. The minimum Gasteiger partial charge on any atom is -0.364 e. The molecule has 0 saturated heterocycles. The van der Waals surface area contributed by atoms with Gasteiger partial charge < -0.3 is 10.3 Å². The fourth-order valence-electron chi connectivity index (χ4n) is 1.33. The van der Waals surface area contributed by atoms with E-state index >= 15 is 0 Å². The van der Waals surface area contributed by atoms with Crippen LogP contribution < -0.4 is 10.7 Å². The highest BCUT2D eigenvalue weighted by Gasteiger charge is 2.10. The summed E-state index contributed by atoms with van der Waals surface area (Å²) in [6, 6.07) is 1.38. The van der Waals surface area contributed by atoms with Crippen LogP contribution in [0.5, 0.6) is 0 Å². The topological polar surface area (TPSA) is 104 Å². The number of nitrogens with one attached hydrogen (secondary N) is 3. The summed E-state index contributed by atoms with van der Waals surface area (Å²) in [5, 5.41) is 8.82. The van der Waals surface area contributed by atoms with Crippen molar-refractivity contribution in [1.82, 2.24) is 25.5 Å². The minimum atomic E-state index is -0.442. The molecule has 3 N–H and O–H groups in total. The summed E-state index contributed by atoms with van der Waals surface area (Å²) >= 11 is 0. The second kappa shape index (κ2) is 4.60. The Morgan fingerprint density at radius 3 is 3.00 bits per heavy atom. The van der Waals surface area contributed by atoms with E-state index in [0.29, 0.717) is 11.5 Å². The molecule has 0 saturated carbocycles. The largest absolute Gasteiger partial charge is 0.364 e. The fraction of sp³-hybridized carbons (Fsp3) is 0.200. The summed E-state index contributed by atoms with van der Waals surface area (Å²) < 4.78 is 0. The second-order valence-corrected chi connectivity index (χ2v) is 3.51. The molecule has 0 radical (unpaired) electrons. The monoisotopic (exact) mass is 233 g/mol. The number of carbonyl (C=O) groups is 1. The van der Waals surface area contributed by atoms with E-state index < -0.39 is 5.91 Å². The number of nitrogens with zero attached hydrogens (tertiary/aromatic N) is 2. The summed E-state index contributed by atoms with van der Waals surface area (Å²) in [5.41, 5.74) is 0.480. The quantitative estimate of drug-likeness (QED) is 0.678. The lowest BCUT2D eigenvalue weighted by atomic mass is 10.2. The van der Waals surface area contributed by atoms with Crippen LogP contribution in [-0.4, -0.2) is 26.1 Å². The molecule has 2 heterocycles. The highest BCUT2D eigenvalue weighted by molar-refractivity contribution is 5.93. The predicted octanol–water partition coefficient (Wildman–Crippen LogP) is -0.269. The van der Waals surface area contributed by atoms with Crippen molar-refractivity contribution in [2.24, 2.45) is 0 Å². The average molecular weight is 233 g/mol. The van der Waals surface area contributed by atoms with E-state index in [0.717, 1.165) is 0 Å². The third kappa shape index (κ3) is 2.57. The standard InChI is InChI=1S/C10H11N5O2/c1-6-2-8(16)7(3-11-6)10(17)12-4-9-13-5-14-15-9/h2-3,5H,4H2,1H3,(H,11,16)(H,12,17)(H,13,14,15). The van der Waals surface area contributed by atoms with Crippen molar-refractivity contribution < 1.29 is 4.79 Å². The zero-order valence-corrected chi connectivity index (χ0v) is 9.15. The molecule has 0 spiro atoms. The maximum atomic E-state index is 11.7. The zero-order valence-electron chi connectivity index (χ0n) is 9.15. The first kappa shape index (κ1) is 11.1. The maximum Gasteiger partial charge on any atom is 0.257 e. The van der Waals surface area contributed by atoms with Gasteiger partial charge in [-0.3, -0.25) is 14.7 Å². The molecule has 1 amide bonds. The summed E-state index contributed by atoms with van der Waals surface area (Å²) in [6.07, 6.45) is 2.74. The lowest BCUT2D eigenvalue weighted by molar-refractivity contribution is 0.0948. The lowest BCUT2D eigenvalue weighted by Crippen LogP contribution is -2.28. The maximum absolute atomic E-state index is 11.7. The van der Waals surface area contributed by atoms with E-state index in [1.807, 2.05) is 0 Å². The van der Waals surface area contributed by atoms with Crippen molar-refractivity contribution in [2.45, 2.75) is 13.5 Å². The normalized spacial score (nSPS) is 10.2. The Kier molecular flexibility index (Phi) is 2.99. The number of aromatic amines is 2. The number of H-pyrrole nitrogens is 2.